The molecule has 0 fully saturated rings. The van der Waals surface area contributed by atoms with Gasteiger partial charge in [-0.25, -0.2) is 5.01 Å². The number of rotatable bonds is 2. The molecule has 0 saturated heterocycles. The molecule has 0 unspecified atom stereocenters. The molecule has 0 aromatic carbocycles. The SMILES string of the molecule is CCN(N=C(N)N)C(N)=S. The average molecular weight is 161 g/mol. The summed E-state index contributed by atoms with van der Waals surface area (Å²) in [4.78, 5) is 0. The van der Waals surface area contributed by atoms with Crippen molar-refractivity contribution in [2.45, 2.75) is 6.92 Å². The third kappa shape index (κ3) is 3.08. The van der Waals surface area contributed by atoms with Crippen molar-refractivity contribution in [3.05, 3.63) is 0 Å². The van der Waals surface area contributed by atoms with Crippen LogP contribution in [0.15, 0.2) is 5.10 Å². The first-order valence-corrected chi connectivity index (χ1v) is 3.15. The van der Waals surface area contributed by atoms with E-state index < -0.39 is 0 Å². The van der Waals surface area contributed by atoms with Crippen LogP contribution in [0.4, 0.5) is 0 Å². The molecule has 58 valence electrons. The second-order valence-corrected chi connectivity index (χ2v) is 2.00. The fourth-order valence-electron chi connectivity index (χ4n) is 0.415. The van der Waals surface area contributed by atoms with Crippen LogP contribution in [0.25, 0.3) is 0 Å². The van der Waals surface area contributed by atoms with Gasteiger partial charge in [-0.1, -0.05) is 0 Å². The molecule has 10 heavy (non-hydrogen) atoms. The molecule has 0 aliphatic heterocycles. The fraction of sp³-hybridized carbons (Fsp3) is 0.500. The first-order chi connectivity index (χ1) is 4.57. The fourth-order valence-corrected chi connectivity index (χ4v) is 0.585. The Balaban J connectivity index is 4.09. The monoisotopic (exact) mass is 161 g/mol. The zero-order chi connectivity index (χ0) is 8.15. The van der Waals surface area contributed by atoms with E-state index >= 15 is 0 Å². The van der Waals surface area contributed by atoms with Crippen molar-refractivity contribution in [2.24, 2.45) is 22.3 Å². The lowest BCUT2D eigenvalue weighted by Gasteiger charge is -2.13. The number of hydrogen-bond donors (Lipinski definition) is 3. The highest BCUT2D eigenvalue weighted by atomic mass is 32.1. The highest BCUT2D eigenvalue weighted by molar-refractivity contribution is 7.80. The summed E-state index contributed by atoms with van der Waals surface area (Å²) >= 11 is 4.62. The zero-order valence-corrected chi connectivity index (χ0v) is 6.56. The predicted molar refractivity (Wildman–Crippen MR) is 45.0 cm³/mol. The summed E-state index contributed by atoms with van der Waals surface area (Å²) in [5.74, 6) is -0.0466. The van der Waals surface area contributed by atoms with E-state index in [1.807, 2.05) is 6.92 Å². The van der Waals surface area contributed by atoms with Crippen molar-refractivity contribution in [3.63, 3.8) is 0 Å². The second-order valence-electron chi connectivity index (χ2n) is 1.58. The largest absolute Gasteiger partial charge is 0.375 e. The van der Waals surface area contributed by atoms with Gasteiger partial charge in [0.25, 0.3) is 0 Å². The van der Waals surface area contributed by atoms with Crippen LogP contribution in [-0.4, -0.2) is 22.6 Å². The first-order valence-electron chi connectivity index (χ1n) is 2.74. The molecule has 6 heteroatoms. The van der Waals surface area contributed by atoms with Gasteiger partial charge in [-0.3, -0.25) is 0 Å². The van der Waals surface area contributed by atoms with E-state index in [0.717, 1.165) is 0 Å². The van der Waals surface area contributed by atoms with Crippen LogP contribution in [0.3, 0.4) is 0 Å². The Morgan fingerprint density at radius 1 is 1.50 bits per heavy atom. The van der Waals surface area contributed by atoms with Crippen molar-refractivity contribution in [2.75, 3.05) is 6.54 Å². The molecule has 5 nitrogen and oxygen atoms in total. The number of guanidine groups is 1. The minimum absolute atomic E-state index is 0.0466. The summed E-state index contributed by atoms with van der Waals surface area (Å²) in [5, 5.41) is 5.14. The standard InChI is InChI=1S/C4H11N5S/c1-2-9(4(7)10)8-3(5)6/h2H2,1H3,(H2,7,10)(H4,5,6,8). The summed E-state index contributed by atoms with van der Waals surface area (Å²) in [6.07, 6.45) is 0. The maximum atomic E-state index is 5.23. The van der Waals surface area contributed by atoms with Crippen molar-refractivity contribution in [1.82, 2.24) is 5.01 Å². The lowest BCUT2D eigenvalue weighted by molar-refractivity contribution is 0.472. The smallest absolute Gasteiger partial charge is 0.209 e. The number of thiocarbonyl (C=S) groups is 1. The van der Waals surface area contributed by atoms with Crippen molar-refractivity contribution >= 4 is 23.3 Å². The minimum Gasteiger partial charge on any atom is -0.375 e. The van der Waals surface area contributed by atoms with Crippen LogP contribution in [0.5, 0.6) is 0 Å². The van der Waals surface area contributed by atoms with Crippen LogP contribution in [0, 0.1) is 0 Å². The van der Waals surface area contributed by atoms with Crippen molar-refractivity contribution < 1.29 is 0 Å². The van der Waals surface area contributed by atoms with Gasteiger partial charge in [0.15, 0.2) is 5.11 Å². The Kier molecular flexibility index (Phi) is 3.48. The van der Waals surface area contributed by atoms with E-state index in [-0.39, 0.29) is 11.1 Å². The summed E-state index contributed by atoms with van der Waals surface area (Å²) in [6.45, 7) is 2.40. The highest BCUT2D eigenvalue weighted by Gasteiger charge is 1.99. The van der Waals surface area contributed by atoms with Gasteiger partial charge in [-0.2, -0.15) is 0 Å². The second kappa shape index (κ2) is 3.89. The molecule has 0 amide bonds. The van der Waals surface area contributed by atoms with Gasteiger partial charge in [0.1, 0.15) is 0 Å². The van der Waals surface area contributed by atoms with Crippen LogP contribution in [-0.2, 0) is 0 Å². The predicted octanol–water partition coefficient (Wildman–Crippen LogP) is -1.26. The molecule has 0 radical (unpaired) electrons. The van der Waals surface area contributed by atoms with Gasteiger partial charge in [-0.05, 0) is 19.1 Å². The summed E-state index contributed by atoms with van der Waals surface area (Å²) in [5.41, 5.74) is 15.4. The molecule has 0 heterocycles. The Morgan fingerprint density at radius 3 is 2.10 bits per heavy atom. The number of hydrazone groups is 1. The average Bonchev–Trinajstić information content (AvgIpc) is 1.81. The molecule has 0 aliphatic carbocycles. The Labute approximate surface area is 64.8 Å². The third-order valence-electron chi connectivity index (χ3n) is 0.790. The van der Waals surface area contributed by atoms with Gasteiger partial charge in [0, 0.05) is 6.54 Å². The van der Waals surface area contributed by atoms with E-state index in [9.17, 15) is 0 Å². The summed E-state index contributed by atoms with van der Waals surface area (Å²) in [6, 6.07) is 0. The van der Waals surface area contributed by atoms with Crippen LogP contribution in [0.1, 0.15) is 6.92 Å². The summed E-state index contributed by atoms with van der Waals surface area (Å²) in [7, 11) is 0. The third-order valence-corrected chi connectivity index (χ3v) is 1.00. The molecule has 6 N–H and O–H groups in total. The Bertz CT molecular complexity index is 150. The molecule has 0 aromatic rings. The molecule has 0 atom stereocenters. The summed E-state index contributed by atoms with van der Waals surface area (Å²) < 4.78 is 0. The number of nitrogens with two attached hydrogens (primary N) is 3. The first kappa shape index (κ1) is 8.96. The van der Waals surface area contributed by atoms with Gasteiger partial charge >= 0.3 is 0 Å². The lowest BCUT2D eigenvalue weighted by Crippen LogP contribution is -2.35. The topological polar surface area (TPSA) is 93.7 Å². The molecule has 0 saturated carbocycles. The Hall–Kier alpha value is -1.04. The lowest BCUT2D eigenvalue weighted by atomic mass is 10.7. The zero-order valence-electron chi connectivity index (χ0n) is 5.74. The van der Waals surface area contributed by atoms with Gasteiger partial charge in [0.05, 0.1) is 0 Å². The van der Waals surface area contributed by atoms with Crippen molar-refractivity contribution in [1.29, 1.82) is 0 Å². The van der Waals surface area contributed by atoms with Gasteiger partial charge < -0.3 is 17.2 Å². The molecule has 0 bridgehead atoms. The van der Waals surface area contributed by atoms with Crippen LogP contribution in [0.2, 0.25) is 0 Å². The maximum Gasteiger partial charge on any atom is 0.209 e. The highest BCUT2D eigenvalue weighted by Crippen LogP contribution is 1.86. The molecule has 0 spiro atoms. The van der Waals surface area contributed by atoms with Crippen molar-refractivity contribution in [3.8, 4) is 0 Å². The van der Waals surface area contributed by atoms with E-state index in [1.165, 1.54) is 5.01 Å². The van der Waals surface area contributed by atoms with E-state index in [0.29, 0.717) is 6.54 Å². The molecule has 0 rings (SSSR count). The van der Waals surface area contributed by atoms with Gasteiger partial charge in [0.2, 0.25) is 5.96 Å². The quantitative estimate of drug-likeness (QED) is 0.203. The Morgan fingerprint density at radius 2 is 2.00 bits per heavy atom. The molecule has 0 aliphatic rings. The number of nitrogens with zero attached hydrogens (tertiary/aromatic N) is 2. The normalized spacial score (nSPS) is 8.50. The van der Waals surface area contributed by atoms with Crippen LogP contribution < -0.4 is 17.2 Å². The van der Waals surface area contributed by atoms with E-state index in [2.05, 4.69) is 17.3 Å². The molecular weight excluding hydrogens is 150 g/mol. The minimum atomic E-state index is -0.0466. The number of hydrogen-bond acceptors (Lipinski definition) is 2. The maximum absolute atomic E-state index is 5.23. The van der Waals surface area contributed by atoms with E-state index in [1.54, 1.807) is 0 Å². The molecule has 0 aromatic heterocycles. The van der Waals surface area contributed by atoms with E-state index in [4.69, 9.17) is 17.2 Å². The van der Waals surface area contributed by atoms with Gasteiger partial charge in [-0.15, -0.1) is 5.10 Å². The molecular formula is C4H11N5S. The van der Waals surface area contributed by atoms with Crippen LogP contribution >= 0.6 is 12.2 Å².